The second-order valence-corrected chi connectivity index (χ2v) is 8.97. The number of nitrogens with zero attached hydrogens (tertiary/aromatic N) is 2. The average Bonchev–Trinajstić information content (AvgIpc) is 3.25. The smallest absolute Gasteiger partial charge is 0.324 e. The number of rotatable bonds is 12. The van der Waals surface area contributed by atoms with Crippen LogP contribution in [0.5, 0.6) is 11.5 Å². The predicted molar refractivity (Wildman–Crippen MR) is 131 cm³/mol. The summed E-state index contributed by atoms with van der Waals surface area (Å²) in [6.45, 7) is 3.03. The molecule has 0 aliphatic rings. The molecule has 0 aliphatic heterocycles. The Labute approximate surface area is 206 Å². The minimum Gasteiger partial charge on any atom is -0.497 e. The fourth-order valence-electron chi connectivity index (χ4n) is 3.54. The summed E-state index contributed by atoms with van der Waals surface area (Å²) in [7, 11) is 3.23. The van der Waals surface area contributed by atoms with Gasteiger partial charge in [0, 0.05) is 25.1 Å². The van der Waals surface area contributed by atoms with Crippen molar-refractivity contribution in [1.29, 1.82) is 0 Å². The Kier molecular flexibility index (Phi) is 9.25. The summed E-state index contributed by atoms with van der Waals surface area (Å²) in [5, 5.41) is 12.8. The van der Waals surface area contributed by atoms with Crippen molar-refractivity contribution in [3.05, 3.63) is 74.6 Å². The molecule has 0 amide bonds. The maximum Gasteiger partial charge on any atom is 0.324 e. The standard InChI is InChI=1S/C24H27BrN2O5S/c1-4-32-22(23-26-20(25)15-33-23)21(24(28)29)27(13-16-5-9-18(30-2)10-6-16)14-17-7-11-19(31-3)12-8-17/h5-12,15,21-22H,4,13-14H2,1-3H3,(H,28,29). The van der Waals surface area contributed by atoms with Gasteiger partial charge < -0.3 is 19.3 Å². The third kappa shape index (κ3) is 6.77. The van der Waals surface area contributed by atoms with Crippen LogP contribution in [0.2, 0.25) is 0 Å². The SMILES string of the molecule is CCOC(c1nc(Br)cs1)C(C(=O)O)N(Cc1ccc(OC)cc1)Cc1ccc(OC)cc1. The van der Waals surface area contributed by atoms with Crippen LogP contribution < -0.4 is 9.47 Å². The third-order valence-electron chi connectivity index (χ3n) is 5.11. The number of thiazole rings is 1. The molecule has 3 rings (SSSR count). The van der Waals surface area contributed by atoms with Crippen LogP contribution in [0.4, 0.5) is 0 Å². The van der Waals surface area contributed by atoms with Gasteiger partial charge in [-0.15, -0.1) is 11.3 Å². The van der Waals surface area contributed by atoms with Gasteiger partial charge >= 0.3 is 5.97 Å². The van der Waals surface area contributed by atoms with Crippen LogP contribution in [0.15, 0.2) is 58.5 Å². The number of methoxy groups -OCH3 is 2. The van der Waals surface area contributed by atoms with E-state index >= 15 is 0 Å². The number of carboxylic acids is 1. The monoisotopic (exact) mass is 534 g/mol. The summed E-state index contributed by atoms with van der Waals surface area (Å²) >= 11 is 4.75. The number of aliphatic carboxylic acids is 1. The summed E-state index contributed by atoms with van der Waals surface area (Å²) in [4.78, 5) is 19.0. The van der Waals surface area contributed by atoms with Crippen molar-refractivity contribution >= 4 is 33.2 Å². The van der Waals surface area contributed by atoms with Crippen molar-refractivity contribution in [3.8, 4) is 11.5 Å². The van der Waals surface area contributed by atoms with Gasteiger partial charge in [-0.3, -0.25) is 9.69 Å². The molecule has 9 heteroatoms. The minimum atomic E-state index is -0.971. The molecule has 1 aromatic heterocycles. The Bertz CT molecular complexity index is 977. The van der Waals surface area contributed by atoms with Crippen LogP contribution in [-0.4, -0.2) is 47.8 Å². The molecule has 0 saturated heterocycles. The van der Waals surface area contributed by atoms with E-state index in [1.165, 1.54) is 11.3 Å². The topological polar surface area (TPSA) is 81.1 Å². The zero-order valence-electron chi connectivity index (χ0n) is 18.7. The van der Waals surface area contributed by atoms with Gasteiger partial charge in [0.1, 0.15) is 33.3 Å². The van der Waals surface area contributed by atoms with Crippen LogP contribution in [0.3, 0.4) is 0 Å². The van der Waals surface area contributed by atoms with Crippen molar-refractivity contribution in [2.45, 2.75) is 32.2 Å². The first-order chi connectivity index (χ1) is 15.9. The molecule has 2 unspecified atom stereocenters. The second-order valence-electron chi connectivity index (χ2n) is 7.27. The summed E-state index contributed by atoms with van der Waals surface area (Å²) in [6, 6.07) is 14.3. The maximum atomic E-state index is 12.6. The first-order valence-electron chi connectivity index (χ1n) is 10.4. The Balaban J connectivity index is 1.98. The largest absolute Gasteiger partial charge is 0.497 e. The molecule has 0 spiro atoms. The molecule has 0 fully saturated rings. The van der Waals surface area contributed by atoms with Crippen molar-refractivity contribution in [3.63, 3.8) is 0 Å². The quantitative estimate of drug-likeness (QED) is 0.343. The summed E-state index contributed by atoms with van der Waals surface area (Å²) < 4.78 is 17.1. The summed E-state index contributed by atoms with van der Waals surface area (Å²) in [5.41, 5.74) is 1.93. The van der Waals surface area contributed by atoms with Gasteiger partial charge in [-0.05, 0) is 58.2 Å². The number of aromatic nitrogens is 1. The fourth-order valence-corrected chi connectivity index (χ4v) is 4.88. The van der Waals surface area contributed by atoms with Gasteiger partial charge in [-0.1, -0.05) is 24.3 Å². The maximum absolute atomic E-state index is 12.6. The number of benzene rings is 2. The number of carbonyl (C=O) groups is 1. The molecule has 0 bridgehead atoms. The van der Waals surface area contributed by atoms with E-state index in [2.05, 4.69) is 20.9 Å². The lowest BCUT2D eigenvalue weighted by molar-refractivity contribution is -0.151. The van der Waals surface area contributed by atoms with Gasteiger partial charge in [-0.25, -0.2) is 4.98 Å². The average molecular weight is 535 g/mol. The number of halogens is 1. The van der Waals surface area contributed by atoms with Gasteiger partial charge in [0.15, 0.2) is 0 Å². The highest BCUT2D eigenvalue weighted by Crippen LogP contribution is 2.32. The molecule has 1 N–H and O–H groups in total. The molecular weight excluding hydrogens is 508 g/mol. The normalized spacial score (nSPS) is 13.0. The van der Waals surface area contributed by atoms with E-state index in [4.69, 9.17) is 14.2 Å². The number of ether oxygens (including phenoxy) is 3. The van der Waals surface area contributed by atoms with E-state index in [1.54, 1.807) is 14.2 Å². The van der Waals surface area contributed by atoms with Gasteiger partial charge in [0.25, 0.3) is 0 Å². The highest BCUT2D eigenvalue weighted by molar-refractivity contribution is 9.10. The highest BCUT2D eigenvalue weighted by atomic mass is 79.9. The molecule has 0 aliphatic carbocycles. The highest BCUT2D eigenvalue weighted by Gasteiger charge is 2.37. The Morgan fingerprint density at radius 3 is 1.91 bits per heavy atom. The van der Waals surface area contributed by atoms with Crippen molar-refractivity contribution in [1.82, 2.24) is 9.88 Å². The zero-order valence-corrected chi connectivity index (χ0v) is 21.1. The van der Waals surface area contributed by atoms with Gasteiger partial charge in [-0.2, -0.15) is 0 Å². The minimum absolute atomic E-state index is 0.366. The van der Waals surface area contributed by atoms with Crippen molar-refractivity contribution in [2.24, 2.45) is 0 Å². The van der Waals surface area contributed by atoms with Crippen LogP contribution in [0, 0.1) is 0 Å². The first kappa shape index (κ1) is 25.2. The van der Waals surface area contributed by atoms with Crippen molar-refractivity contribution in [2.75, 3.05) is 20.8 Å². The zero-order chi connectivity index (χ0) is 23.8. The van der Waals surface area contributed by atoms with E-state index in [-0.39, 0.29) is 0 Å². The molecular formula is C24H27BrN2O5S. The van der Waals surface area contributed by atoms with E-state index < -0.39 is 18.1 Å². The molecule has 0 saturated carbocycles. The van der Waals surface area contributed by atoms with E-state index in [1.807, 2.05) is 65.7 Å². The number of hydrogen-bond donors (Lipinski definition) is 1. The summed E-state index contributed by atoms with van der Waals surface area (Å²) in [6.07, 6.45) is -0.722. The lowest BCUT2D eigenvalue weighted by atomic mass is 10.1. The number of hydrogen-bond acceptors (Lipinski definition) is 7. The fraction of sp³-hybridized carbons (Fsp3) is 0.333. The molecule has 176 valence electrons. The van der Waals surface area contributed by atoms with Crippen molar-refractivity contribution < 1.29 is 24.1 Å². The van der Waals surface area contributed by atoms with Crippen LogP contribution in [0.25, 0.3) is 0 Å². The third-order valence-corrected chi connectivity index (χ3v) is 6.72. The molecule has 2 atom stereocenters. The van der Waals surface area contributed by atoms with E-state index in [9.17, 15) is 9.90 Å². The predicted octanol–water partition coefficient (Wildman–Crippen LogP) is 5.16. The lowest BCUT2D eigenvalue weighted by Gasteiger charge is -2.33. The van der Waals surface area contributed by atoms with Crippen LogP contribution in [-0.2, 0) is 22.6 Å². The Morgan fingerprint density at radius 2 is 1.55 bits per heavy atom. The van der Waals surface area contributed by atoms with Gasteiger partial charge in [0.05, 0.1) is 14.2 Å². The molecule has 33 heavy (non-hydrogen) atoms. The van der Waals surface area contributed by atoms with E-state index in [0.29, 0.717) is 29.3 Å². The first-order valence-corrected chi connectivity index (χ1v) is 12.1. The Hall–Kier alpha value is -2.46. The Morgan fingerprint density at radius 1 is 1.03 bits per heavy atom. The molecule has 0 radical (unpaired) electrons. The molecule has 2 aromatic carbocycles. The van der Waals surface area contributed by atoms with Gasteiger partial charge in [0.2, 0.25) is 0 Å². The molecule has 3 aromatic rings. The molecule has 1 heterocycles. The number of carboxylic acid groups (broad SMARTS) is 1. The lowest BCUT2D eigenvalue weighted by Crippen LogP contribution is -2.45. The van der Waals surface area contributed by atoms with Crippen LogP contribution in [0.1, 0.15) is 29.2 Å². The summed E-state index contributed by atoms with van der Waals surface area (Å²) in [5.74, 6) is 0.520. The van der Waals surface area contributed by atoms with Crippen LogP contribution >= 0.6 is 27.3 Å². The second kappa shape index (κ2) is 12.1. The molecule has 7 nitrogen and oxygen atoms in total. The van der Waals surface area contributed by atoms with E-state index in [0.717, 1.165) is 22.6 Å².